The van der Waals surface area contributed by atoms with Gasteiger partial charge >= 0.3 is 5.97 Å². The third kappa shape index (κ3) is 4.66. The van der Waals surface area contributed by atoms with Crippen LogP contribution in [0.25, 0.3) is 0 Å². The van der Waals surface area contributed by atoms with E-state index in [0.717, 1.165) is 0 Å². The third-order valence-corrected chi connectivity index (χ3v) is 0.972. The van der Waals surface area contributed by atoms with Crippen LogP contribution >= 0.6 is 0 Å². The van der Waals surface area contributed by atoms with Crippen molar-refractivity contribution in [2.45, 2.75) is 25.9 Å². The smallest absolute Gasteiger partial charge is 0.308 e. The summed E-state index contributed by atoms with van der Waals surface area (Å²) in [5, 5.41) is 8.47. The zero-order valence-corrected chi connectivity index (χ0v) is 6.09. The Bertz CT molecular complexity index is 127. The minimum absolute atomic E-state index is 0.134. The highest BCUT2D eigenvalue weighted by Crippen LogP contribution is 2.05. The number of halogens is 2. The summed E-state index contributed by atoms with van der Waals surface area (Å²) in [6.45, 7) is 1.70. The average molecular weight is 168 g/mol. The van der Waals surface area contributed by atoms with Gasteiger partial charge in [0.15, 0.2) is 0 Å². The van der Waals surface area contributed by atoms with Crippen LogP contribution in [0.3, 0.4) is 0 Å². The number of rotatable bonds is 4. The lowest BCUT2D eigenvalue weighted by molar-refractivity contribution is -0.147. The van der Waals surface area contributed by atoms with Gasteiger partial charge in [-0.25, -0.2) is 8.78 Å². The molecule has 0 radical (unpaired) electrons. The van der Waals surface area contributed by atoms with Crippen LogP contribution in [0.15, 0.2) is 0 Å². The fraction of sp³-hybridized carbons (Fsp3) is 0.833. The van der Waals surface area contributed by atoms with Gasteiger partial charge in [0.2, 0.25) is 0 Å². The summed E-state index contributed by atoms with van der Waals surface area (Å²) in [6, 6.07) is 0. The molecule has 0 heterocycles. The number of esters is 1. The van der Waals surface area contributed by atoms with Crippen molar-refractivity contribution in [1.29, 1.82) is 0 Å². The lowest BCUT2D eigenvalue weighted by atomic mass is 10.3. The predicted molar refractivity (Wildman–Crippen MR) is 33.3 cm³/mol. The van der Waals surface area contributed by atoms with E-state index in [1.54, 1.807) is 6.92 Å². The van der Waals surface area contributed by atoms with Gasteiger partial charge in [0, 0.05) is 0 Å². The van der Waals surface area contributed by atoms with Crippen LogP contribution in [0.1, 0.15) is 13.3 Å². The van der Waals surface area contributed by atoms with Gasteiger partial charge in [0.05, 0.1) is 13.0 Å². The molecule has 0 saturated heterocycles. The Labute approximate surface area is 63.0 Å². The van der Waals surface area contributed by atoms with Crippen molar-refractivity contribution in [2.24, 2.45) is 0 Å². The second kappa shape index (κ2) is 5.01. The molecule has 0 bridgehead atoms. The second-order valence-corrected chi connectivity index (χ2v) is 1.91. The predicted octanol–water partition coefficient (Wildman–Crippen LogP) is 0.566. The number of alkyl halides is 2. The molecule has 0 spiro atoms. The first-order chi connectivity index (χ1) is 5.07. The fourth-order valence-electron chi connectivity index (χ4n) is 0.480. The molecular formula is C6H10F2O3. The molecule has 0 rings (SSSR count). The van der Waals surface area contributed by atoms with E-state index in [4.69, 9.17) is 5.11 Å². The zero-order valence-electron chi connectivity index (χ0n) is 6.09. The summed E-state index contributed by atoms with van der Waals surface area (Å²) < 4.78 is 27.5. The molecule has 1 atom stereocenters. The molecule has 0 fully saturated rings. The van der Waals surface area contributed by atoms with E-state index < -0.39 is 24.9 Å². The molecule has 3 nitrogen and oxygen atoms in total. The fourth-order valence-corrected chi connectivity index (χ4v) is 0.480. The van der Waals surface area contributed by atoms with Gasteiger partial charge in [-0.3, -0.25) is 4.79 Å². The average Bonchev–Trinajstić information content (AvgIpc) is 1.87. The third-order valence-electron chi connectivity index (χ3n) is 0.972. The summed E-state index contributed by atoms with van der Waals surface area (Å²) in [5.41, 5.74) is 0. The van der Waals surface area contributed by atoms with Gasteiger partial charge in [-0.05, 0) is 6.92 Å². The molecule has 0 saturated carbocycles. The second-order valence-electron chi connectivity index (χ2n) is 1.91. The van der Waals surface area contributed by atoms with Crippen LogP contribution < -0.4 is 0 Å². The Morgan fingerprint density at radius 3 is 2.55 bits per heavy atom. The van der Waals surface area contributed by atoms with E-state index >= 15 is 0 Å². The highest BCUT2D eigenvalue weighted by Gasteiger charge is 2.20. The standard InChI is InChI=1S/C6H10F2O3/c1-2-11-5(10)3-4(9)6(7)8/h4,6,9H,2-3H2,1H3. The summed E-state index contributed by atoms with van der Waals surface area (Å²) in [5.74, 6) is -0.805. The minimum Gasteiger partial charge on any atom is -0.466 e. The van der Waals surface area contributed by atoms with E-state index in [1.165, 1.54) is 0 Å². The summed E-state index contributed by atoms with van der Waals surface area (Å²) in [7, 11) is 0. The first-order valence-electron chi connectivity index (χ1n) is 3.19. The monoisotopic (exact) mass is 168 g/mol. The molecule has 0 aromatic heterocycles. The van der Waals surface area contributed by atoms with Crippen molar-refractivity contribution in [2.75, 3.05) is 6.61 Å². The summed E-state index contributed by atoms with van der Waals surface area (Å²) in [4.78, 5) is 10.4. The summed E-state index contributed by atoms with van der Waals surface area (Å²) >= 11 is 0. The van der Waals surface area contributed by atoms with Crippen LogP contribution in [0.2, 0.25) is 0 Å². The Kier molecular flexibility index (Phi) is 4.69. The maximum atomic E-state index is 11.6. The molecule has 66 valence electrons. The van der Waals surface area contributed by atoms with Gasteiger partial charge in [-0.2, -0.15) is 0 Å². The number of ether oxygens (including phenoxy) is 1. The van der Waals surface area contributed by atoms with Crippen molar-refractivity contribution in [1.82, 2.24) is 0 Å². The number of hydrogen-bond donors (Lipinski definition) is 1. The maximum Gasteiger partial charge on any atom is 0.308 e. The van der Waals surface area contributed by atoms with Gasteiger partial charge in [0.1, 0.15) is 6.10 Å². The Hall–Kier alpha value is -0.710. The van der Waals surface area contributed by atoms with Crippen molar-refractivity contribution in [3.63, 3.8) is 0 Å². The molecule has 11 heavy (non-hydrogen) atoms. The van der Waals surface area contributed by atoms with E-state index in [0.29, 0.717) is 0 Å². The molecule has 1 N–H and O–H groups in total. The molecular weight excluding hydrogens is 158 g/mol. The molecule has 5 heteroatoms. The Balaban J connectivity index is 3.57. The molecule has 0 aliphatic heterocycles. The van der Waals surface area contributed by atoms with Crippen LogP contribution in [0.4, 0.5) is 8.78 Å². The number of aliphatic hydroxyl groups excluding tert-OH is 1. The van der Waals surface area contributed by atoms with Crippen LogP contribution in [-0.2, 0) is 9.53 Å². The van der Waals surface area contributed by atoms with Crippen molar-refractivity contribution < 1.29 is 23.4 Å². The summed E-state index contributed by atoms with van der Waals surface area (Å²) in [6.07, 6.45) is -5.45. The van der Waals surface area contributed by atoms with Gasteiger partial charge in [0.25, 0.3) is 6.43 Å². The SMILES string of the molecule is CCOC(=O)CC(O)C(F)F. The normalized spacial score (nSPS) is 13.2. The van der Waals surface area contributed by atoms with E-state index in [2.05, 4.69) is 4.74 Å². The number of carbonyl (C=O) groups excluding carboxylic acids is 1. The lowest BCUT2D eigenvalue weighted by Crippen LogP contribution is -2.22. The Morgan fingerprint density at radius 1 is 1.64 bits per heavy atom. The molecule has 1 unspecified atom stereocenters. The highest BCUT2D eigenvalue weighted by molar-refractivity contribution is 5.69. The largest absolute Gasteiger partial charge is 0.466 e. The van der Waals surface area contributed by atoms with E-state index in [9.17, 15) is 13.6 Å². The van der Waals surface area contributed by atoms with Crippen LogP contribution in [0.5, 0.6) is 0 Å². The van der Waals surface area contributed by atoms with E-state index in [1.807, 2.05) is 0 Å². The highest BCUT2D eigenvalue weighted by atomic mass is 19.3. The van der Waals surface area contributed by atoms with Crippen LogP contribution in [0, 0.1) is 0 Å². The topological polar surface area (TPSA) is 46.5 Å². The maximum absolute atomic E-state index is 11.6. The van der Waals surface area contributed by atoms with Crippen molar-refractivity contribution >= 4 is 5.97 Å². The molecule has 0 aromatic carbocycles. The van der Waals surface area contributed by atoms with Crippen molar-refractivity contribution in [3.8, 4) is 0 Å². The number of aliphatic hydroxyl groups is 1. The Morgan fingerprint density at radius 2 is 2.18 bits per heavy atom. The van der Waals surface area contributed by atoms with E-state index in [-0.39, 0.29) is 6.61 Å². The minimum atomic E-state index is -2.89. The van der Waals surface area contributed by atoms with Gasteiger partial charge < -0.3 is 9.84 Å². The zero-order chi connectivity index (χ0) is 8.85. The van der Waals surface area contributed by atoms with Gasteiger partial charge in [-0.15, -0.1) is 0 Å². The first kappa shape index (κ1) is 10.3. The molecule has 0 aliphatic carbocycles. The van der Waals surface area contributed by atoms with Crippen LogP contribution in [-0.4, -0.2) is 30.2 Å². The number of carbonyl (C=O) groups is 1. The molecule has 0 aromatic rings. The number of hydrogen-bond acceptors (Lipinski definition) is 3. The molecule has 0 aliphatic rings. The van der Waals surface area contributed by atoms with Gasteiger partial charge in [-0.1, -0.05) is 0 Å². The first-order valence-corrected chi connectivity index (χ1v) is 3.19. The van der Waals surface area contributed by atoms with Crippen molar-refractivity contribution in [3.05, 3.63) is 0 Å². The lowest BCUT2D eigenvalue weighted by Gasteiger charge is -2.07. The quantitative estimate of drug-likeness (QED) is 0.624. The molecule has 0 amide bonds.